The third-order valence-corrected chi connectivity index (χ3v) is 5.84. The van der Waals surface area contributed by atoms with Crippen LogP contribution in [0.2, 0.25) is 0 Å². The van der Waals surface area contributed by atoms with Crippen LogP contribution in [0.1, 0.15) is 28.8 Å². The van der Waals surface area contributed by atoms with E-state index in [-0.39, 0.29) is 12.0 Å². The second-order valence-electron chi connectivity index (χ2n) is 8.03. The fourth-order valence-electron chi connectivity index (χ4n) is 4.00. The Morgan fingerprint density at radius 3 is 2.57 bits per heavy atom. The predicted octanol–water partition coefficient (Wildman–Crippen LogP) is 2.30. The Labute approximate surface area is 178 Å². The SMILES string of the molecule is O=C(c1ccc(OC[C@H]2CCCO2)cc1)N1CC[NH+](C/C=C/c2ccccc2)CC1. The van der Waals surface area contributed by atoms with E-state index in [1.54, 1.807) is 0 Å². The molecule has 4 rings (SSSR count). The normalized spacial score (nSPS) is 20.0. The molecule has 2 aromatic rings. The Kier molecular flexibility index (Phi) is 7.16. The lowest BCUT2D eigenvalue weighted by Crippen LogP contribution is -3.14. The standard InChI is InChI=1S/C25H30N2O3/c28-25(22-10-12-23(13-11-22)30-20-24-9-5-19-29-24)27-17-15-26(16-18-27)14-4-8-21-6-2-1-3-7-21/h1-4,6-8,10-13,24H,5,9,14-20H2/p+1/b8-4+/t24-/m1/s1. The molecule has 2 aliphatic heterocycles. The topological polar surface area (TPSA) is 43.2 Å². The van der Waals surface area contributed by atoms with Crippen LogP contribution in [0.3, 0.4) is 0 Å². The van der Waals surface area contributed by atoms with Gasteiger partial charge in [0.15, 0.2) is 0 Å². The molecule has 0 aliphatic carbocycles. The van der Waals surface area contributed by atoms with Gasteiger partial charge in [0.25, 0.3) is 5.91 Å². The molecule has 30 heavy (non-hydrogen) atoms. The smallest absolute Gasteiger partial charge is 0.254 e. The summed E-state index contributed by atoms with van der Waals surface area (Å²) in [6.07, 6.45) is 6.78. The van der Waals surface area contributed by atoms with Crippen LogP contribution in [0.5, 0.6) is 5.75 Å². The molecule has 0 radical (unpaired) electrons. The number of nitrogens with one attached hydrogen (secondary N) is 1. The van der Waals surface area contributed by atoms with Crippen LogP contribution in [-0.4, -0.2) is 62.8 Å². The van der Waals surface area contributed by atoms with Gasteiger partial charge in [-0.25, -0.2) is 0 Å². The van der Waals surface area contributed by atoms with E-state index in [0.29, 0.717) is 6.61 Å². The number of hydrogen-bond acceptors (Lipinski definition) is 3. The minimum Gasteiger partial charge on any atom is -0.491 e. The monoisotopic (exact) mass is 407 g/mol. The molecule has 0 aromatic heterocycles. The van der Waals surface area contributed by atoms with Crippen LogP contribution in [0.4, 0.5) is 0 Å². The number of carbonyl (C=O) groups is 1. The number of quaternary nitrogens is 1. The third-order valence-electron chi connectivity index (χ3n) is 5.84. The number of carbonyl (C=O) groups excluding carboxylic acids is 1. The predicted molar refractivity (Wildman–Crippen MR) is 118 cm³/mol. The Hall–Kier alpha value is -2.63. The van der Waals surface area contributed by atoms with Gasteiger partial charge in [-0.1, -0.05) is 36.4 Å². The molecule has 1 atom stereocenters. The minimum absolute atomic E-state index is 0.111. The van der Waals surface area contributed by atoms with E-state index in [2.05, 4.69) is 36.4 Å². The quantitative estimate of drug-likeness (QED) is 0.766. The number of ether oxygens (including phenoxy) is 2. The van der Waals surface area contributed by atoms with Gasteiger partial charge in [0.2, 0.25) is 0 Å². The Morgan fingerprint density at radius 2 is 1.87 bits per heavy atom. The molecule has 1 amide bonds. The van der Waals surface area contributed by atoms with Crippen LogP contribution < -0.4 is 9.64 Å². The van der Waals surface area contributed by atoms with Crippen molar-refractivity contribution < 1.29 is 19.2 Å². The molecule has 2 aromatic carbocycles. The molecule has 0 unspecified atom stereocenters. The molecule has 0 saturated carbocycles. The average Bonchev–Trinajstić information content (AvgIpc) is 3.33. The van der Waals surface area contributed by atoms with Crippen LogP contribution in [0, 0.1) is 0 Å². The number of amides is 1. The molecule has 2 saturated heterocycles. The zero-order chi connectivity index (χ0) is 20.6. The summed E-state index contributed by atoms with van der Waals surface area (Å²) in [5, 5.41) is 0. The van der Waals surface area contributed by atoms with Crippen molar-refractivity contribution in [3.8, 4) is 5.75 Å². The second-order valence-corrected chi connectivity index (χ2v) is 8.03. The highest BCUT2D eigenvalue weighted by atomic mass is 16.5. The van der Waals surface area contributed by atoms with Crippen molar-refractivity contribution in [1.29, 1.82) is 0 Å². The van der Waals surface area contributed by atoms with Crippen LogP contribution in [0.25, 0.3) is 6.08 Å². The molecule has 0 bridgehead atoms. The Bertz CT molecular complexity index is 821. The van der Waals surface area contributed by atoms with Crippen molar-refractivity contribution >= 4 is 12.0 Å². The zero-order valence-electron chi connectivity index (χ0n) is 17.5. The number of benzene rings is 2. The maximum absolute atomic E-state index is 12.8. The summed E-state index contributed by atoms with van der Waals surface area (Å²) in [5.41, 5.74) is 1.96. The minimum atomic E-state index is 0.111. The van der Waals surface area contributed by atoms with Gasteiger partial charge < -0.3 is 19.3 Å². The first-order chi connectivity index (χ1) is 14.8. The van der Waals surface area contributed by atoms with Gasteiger partial charge in [-0.15, -0.1) is 0 Å². The highest BCUT2D eigenvalue weighted by Crippen LogP contribution is 2.17. The zero-order valence-corrected chi connectivity index (χ0v) is 17.5. The molecule has 0 spiro atoms. The molecule has 1 N–H and O–H groups in total. The second kappa shape index (κ2) is 10.4. The van der Waals surface area contributed by atoms with E-state index in [4.69, 9.17) is 9.47 Å². The van der Waals surface area contributed by atoms with Crippen molar-refractivity contribution in [2.45, 2.75) is 18.9 Å². The molecule has 2 fully saturated rings. The summed E-state index contributed by atoms with van der Waals surface area (Å²) >= 11 is 0. The van der Waals surface area contributed by atoms with Crippen molar-refractivity contribution in [2.24, 2.45) is 0 Å². The van der Waals surface area contributed by atoms with Gasteiger partial charge in [0.05, 0.1) is 38.8 Å². The number of nitrogens with zero attached hydrogens (tertiary/aromatic N) is 1. The van der Waals surface area contributed by atoms with Gasteiger partial charge in [0.1, 0.15) is 12.4 Å². The molecule has 2 heterocycles. The highest BCUT2D eigenvalue weighted by molar-refractivity contribution is 5.94. The largest absolute Gasteiger partial charge is 0.491 e. The Balaban J connectivity index is 1.21. The van der Waals surface area contributed by atoms with E-state index in [1.165, 1.54) is 10.5 Å². The summed E-state index contributed by atoms with van der Waals surface area (Å²) in [6.45, 7) is 5.96. The van der Waals surface area contributed by atoms with Crippen LogP contribution >= 0.6 is 0 Å². The number of piperazine rings is 1. The van der Waals surface area contributed by atoms with E-state index in [9.17, 15) is 4.79 Å². The van der Waals surface area contributed by atoms with Gasteiger partial charge in [-0.3, -0.25) is 4.79 Å². The first-order valence-corrected chi connectivity index (χ1v) is 11.0. The Morgan fingerprint density at radius 1 is 1.10 bits per heavy atom. The van der Waals surface area contributed by atoms with E-state index in [0.717, 1.165) is 63.5 Å². The van der Waals surface area contributed by atoms with E-state index < -0.39 is 0 Å². The summed E-state index contributed by atoms with van der Waals surface area (Å²) in [4.78, 5) is 16.3. The molecule has 158 valence electrons. The summed E-state index contributed by atoms with van der Waals surface area (Å²) in [7, 11) is 0. The van der Waals surface area contributed by atoms with Crippen LogP contribution in [-0.2, 0) is 4.74 Å². The van der Waals surface area contributed by atoms with Gasteiger partial charge >= 0.3 is 0 Å². The third kappa shape index (κ3) is 5.71. The maximum Gasteiger partial charge on any atom is 0.254 e. The lowest BCUT2D eigenvalue weighted by molar-refractivity contribution is -0.898. The number of rotatable bonds is 7. The van der Waals surface area contributed by atoms with Gasteiger partial charge in [0, 0.05) is 12.2 Å². The summed E-state index contributed by atoms with van der Waals surface area (Å²) in [5.74, 6) is 0.904. The first-order valence-electron chi connectivity index (χ1n) is 11.0. The fraction of sp³-hybridized carbons (Fsp3) is 0.400. The van der Waals surface area contributed by atoms with Gasteiger partial charge in [-0.2, -0.15) is 0 Å². The van der Waals surface area contributed by atoms with Crippen molar-refractivity contribution in [3.63, 3.8) is 0 Å². The lowest BCUT2D eigenvalue weighted by Gasteiger charge is -2.31. The summed E-state index contributed by atoms with van der Waals surface area (Å²) in [6, 6.07) is 17.9. The van der Waals surface area contributed by atoms with Crippen molar-refractivity contribution in [2.75, 3.05) is 45.9 Å². The molecular weight excluding hydrogens is 376 g/mol. The first kappa shape index (κ1) is 20.6. The molecular formula is C25H31N2O3+. The van der Waals surface area contributed by atoms with Gasteiger partial charge in [-0.05, 0) is 48.7 Å². The highest BCUT2D eigenvalue weighted by Gasteiger charge is 2.24. The van der Waals surface area contributed by atoms with Crippen molar-refractivity contribution in [1.82, 2.24) is 4.90 Å². The summed E-state index contributed by atoms with van der Waals surface area (Å²) < 4.78 is 11.4. The van der Waals surface area contributed by atoms with E-state index >= 15 is 0 Å². The van der Waals surface area contributed by atoms with Crippen LogP contribution in [0.15, 0.2) is 60.7 Å². The maximum atomic E-state index is 12.8. The molecule has 2 aliphatic rings. The number of hydrogen-bond donors (Lipinski definition) is 1. The van der Waals surface area contributed by atoms with E-state index in [1.807, 2.05) is 35.2 Å². The lowest BCUT2D eigenvalue weighted by atomic mass is 10.1. The van der Waals surface area contributed by atoms with Crippen molar-refractivity contribution in [3.05, 3.63) is 71.8 Å². The fourth-order valence-corrected chi connectivity index (χ4v) is 4.00. The molecule has 5 nitrogen and oxygen atoms in total. The average molecular weight is 408 g/mol. The molecule has 5 heteroatoms.